The van der Waals surface area contributed by atoms with Gasteiger partial charge in [0, 0.05) is 0 Å². The Hall–Kier alpha value is -2.17. The van der Waals surface area contributed by atoms with Crippen LogP contribution in [0.1, 0.15) is 28.9 Å². The van der Waals surface area contributed by atoms with Gasteiger partial charge in [0.15, 0.2) is 0 Å². The van der Waals surface area contributed by atoms with E-state index in [1.165, 1.54) is 12.1 Å². The topological polar surface area (TPSA) is 93.2 Å². The number of hydrogen-bond donors (Lipinski definition) is 1. The second-order valence-corrected chi connectivity index (χ2v) is 7.87. The summed E-state index contributed by atoms with van der Waals surface area (Å²) in [5, 5.41) is 0.977. The van der Waals surface area contributed by atoms with E-state index in [-0.39, 0.29) is 11.7 Å². The molecule has 0 saturated carbocycles. The highest BCUT2D eigenvalue weighted by molar-refractivity contribution is 7.85. The van der Waals surface area contributed by atoms with Crippen LogP contribution in [0.5, 0.6) is 0 Å². The number of ether oxygens (including phenoxy) is 2. The fraction of sp³-hybridized carbons (Fsp3) is 0.353. The van der Waals surface area contributed by atoms with Gasteiger partial charge >= 0.3 is 12.1 Å². The standard InChI is InChI=1S/C17H15F3O6S/c1-16(17(18,19)20,9-27(22,23)24)26-15(21)13-7-3-4-10-11(13)5-2-6-12(10)14-8-25-14/h2-7,14H,8-9H2,1H3,(H,22,23,24). The summed E-state index contributed by atoms with van der Waals surface area (Å²) in [4.78, 5) is 12.5. The highest BCUT2D eigenvalue weighted by Gasteiger charge is 2.57. The number of epoxide rings is 1. The summed E-state index contributed by atoms with van der Waals surface area (Å²) in [5.41, 5.74) is -2.77. The average Bonchev–Trinajstić information content (AvgIpc) is 3.35. The van der Waals surface area contributed by atoms with Gasteiger partial charge in [-0.2, -0.15) is 21.6 Å². The fourth-order valence-corrected chi connectivity index (χ4v) is 3.72. The van der Waals surface area contributed by atoms with Crippen LogP contribution < -0.4 is 0 Å². The van der Waals surface area contributed by atoms with Crippen LogP contribution in [0.4, 0.5) is 13.2 Å². The maximum Gasteiger partial charge on any atom is 0.429 e. The molecule has 0 aromatic heterocycles. The van der Waals surface area contributed by atoms with Gasteiger partial charge in [-0.05, 0) is 29.3 Å². The first-order chi connectivity index (χ1) is 12.4. The van der Waals surface area contributed by atoms with E-state index in [0.29, 0.717) is 24.3 Å². The van der Waals surface area contributed by atoms with Crippen LogP contribution >= 0.6 is 0 Å². The van der Waals surface area contributed by atoms with Crippen molar-refractivity contribution in [2.24, 2.45) is 0 Å². The highest BCUT2D eigenvalue weighted by atomic mass is 32.2. The van der Waals surface area contributed by atoms with Crippen LogP contribution in [-0.2, 0) is 19.6 Å². The zero-order valence-electron chi connectivity index (χ0n) is 14.0. The molecule has 2 atom stereocenters. The molecule has 0 amide bonds. The molecule has 1 fully saturated rings. The van der Waals surface area contributed by atoms with Gasteiger partial charge < -0.3 is 9.47 Å². The summed E-state index contributed by atoms with van der Waals surface area (Å²) in [7, 11) is -5.06. The van der Waals surface area contributed by atoms with Crippen LogP contribution in [-0.4, -0.2) is 43.1 Å². The minimum Gasteiger partial charge on any atom is -0.445 e. The lowest BCUT2D eigenvalue weighted by Crippen LogP contribution is -2.51. The minimum absolute atomic E-state index is 0.139. The second kappa shape index (κ2) is 6.47. The number of alkyl halides is 3. The van der Waals surface area contributed by atoms with Crippen molar-refractivity contribution in [3.63, 3.8) is 0 Å². The Morgan fingerprint density at radius 1 is 1.22 bits per heavy atom. The molecule has 0 aliphatic carbocycles. The maximum absolute atomic E-state index is 13.3. The molecular weight excluding hydrogens is 389 g/mol. The first-order valence-electron chi connectivity index (χ1n) is 7.80. The molecule has 0 spiro atoms. The fourth-order valence-electron chi connectivity index (χ4n) is 2.80. The SMILES string of the molecule is CC(CS(=O)(=O)O)(OC(=O)c1cccc2c(C3CO3)cccc12)C(F)(F)F. The molecule has 1 aliphatic heterocycles. The molecular formula is C17H15F3O6S. The minimum atomic E-state index is -5.21. The zero-order valence-corrected chi connectivity index (χ0v) is 14.8. The maximum atomic E-state index is 13.3. The van der Waals surface area contributed by atoms with Crippen LogP contribution in [0.3, 0.4) is 0 Å². The molecule has 1 saturated heterocycles. The molecule has 1 aliphatic rings. The second-order valence-electron chi connectivity index (χ2n) is 6.41. The lowest BCUT2D eigenvalue weighted by atomic mass is 9.98. The first kappa shape index (κ1) is 19.6. The number of benzene rings is 2. The Morgan fingerprint density at radius 3 is 2.37 bits per heavy atom. The van der Waals surface area contributed by atoms with Gasteiger partial charge in [-0.1, -0.05) is 30.3 Å². The first-order valence-corrected chi connectivity index (χ1v) is 9.41. The number of fused-ring (bicyclic) bond motifs is 1. The van der Waals surface area contributed by atoms with E-state index >= 15 is 0 Å². The van der Waals surface area contributed by atoms with Crippen molar-refractivity contribution in [1.29, 1.82) is 0 Å². The monoisotopic (exact) mass is 404 g/mol. The van der Waals surface area contributed by atoms with E-state index in [0.717, 1.165) is 5.56 Å². The van der Waals surface area contributed by atoms with Gasteiger partial charge in [0.25, 0.3) is 10.1 Å². The quantitative estimate of drug-likeness (QED) is 0.467. The molecule has 10 heteroatoms. The molecule has 146 valence electrons. The summed E-state index contributed by atoms with van der Waals surface area (Å²) in [6.07, 6.45) is -5.35. The zero-order chi connectivity index (χ0) is 20.0. The molecule has 6 nitrogen and oxygen atoms in total. The summed E-state index contributed by atoms with van der Waals surface area (Å²) in [6, 6.07) is 9.44. The van der Waals surface area contributed by atoms with Gasteiger partial charge in [-0.3, -0.25) is 4.55 Å². The predicted molar refractivity (Wildman–Crippen MR) is 88.9 cm³/mol. The van der Waals surface area contributed by atoms with Gasteiger partial charge in [-0.25, -0.2) is 4.79 Å². The van der Waals surface area contributed by atoms with E-state index < -0.39 is 33.6 Å². The summed E-state index contributed by atoms with van der Waals surface area (Å²) in [5.74, 6) is -3.15. The number of esters is 1. The van der Waals surface area contributed by atoms with Crippen molar-refractivity contribution in [2.45, 2.75) is 24.8 Å². The molecule has 0 bridgehead atoms. The van der Waals surface area contributed by atoms with Gasteiger partial charge in [0.2, 0.25) is 5.60 Å². The third kappa shape index (κ3) is 4.07. The largest absolute Gasteiger partial charge is 0.445 e. The lowest BCUT2D eigenvalue weighted by Gasteiger charge is -2.30. The predicted octanol–water partition coefficient (Wildman–Crippen LogP) is 3.28. The molecule has 3 rings (SSSR count). The summed E-state index contributed by atoms with van der Waals surface area (Å²) >= 11 is 0. The van der Waals surface area contributed by atoms with E-state index in [4.69, 9.17) is 9.29 Å². The van der Waals surface area contributed by atoms with Crippen molar-refractivity contribution < 1.29 is 40.4 Å². The molecule has 1 N–H and O–H groups in total. The number of halogens is 3. The lowest BCUT2D eigenvalue weighted by molar-refractivity contribution is -0.243. The van der Waals surface area contributed by atoms with Crippen molar-refractivity contribution in [1.82, 2.24) is 0 Å². The molecule has 2 unspecified atom stereocenters. The smallest absolute Gasteiger partial charge is 0.429 e. The van der Waals surface area contributed by atoms with Gasteiger partial charge in [0.1, 0.15) is 11.9 Å². The molecule has 27 heavy (non-hydrogen) atoms. The average molecular weight is 404 g/mol. The van der Waals surface area contributed by atoms with Crippen LogP contribution in [0.2, 0.25) is 0 Å². The van der Waals surface area contributed by atoms with Crippen molar-refractivity contribution in [2.75, 3.05) is 12.4 Å². The number of hydrogen-bond acceptors (Lipinski definition) is 5. The molecule has 2 aromatic rings. The Labute approximate surface area is 152 Å². The highest BCUT2D eigenvalue weighted by Crippen LogP contribution is 2.38. The number of rotatable bonds is 5. The van der Waals surface area contributed by atoms with Gasteiger partial charge in [0.05, 0.1) is 12.2 Å². The van der Waals surface area contributed by atoms with Gasteiger partial charge in [-0.15, -0.1) is 0 Å². The van der Waals surface area contributed by atoms with Crippen LogP contribution in [0.25, 0.3) is 10.8 Å². The molecule has 2 aromatic carbocycles. The summed E-state index contributed by atoms with van der Waals surface area (Å²) < 4.78 is 80.6. The Bertz CT molecular complexity index is 997. The number of carbonyl (C=O) groups excluding carboxylic acids is 1. The van der Waals surface area contributed by atoms with Crippen LogP contribution in [0.15, 0.2) is 36.4 Å². The van der Waals surface area contributed by atoms with Crippen LogP contribution in [0, 0.1) is 0 Å². The third-order valence-electron chi connectivity index (χ3n) is 4.23. The molecule has 0 radical (unpaired) electrons. The Kier molecular flexibility index (Phi) is 4.69. The molecule has 1 heterocycles. The summed E-state index contributed by atoms with van der Waals surface area (Å²) in [6.45, 7) is 0.904. The van der Waals surface area contributed by atoms with E-state index in [9.17, 15) is 26.4 Å². The normalized spacial score (nSPS) is 19.5. The van der Waals surface area contributed by atoms with E-state index in [1.54, 1.807) is 24.3 Å². The third-order valence-corrected chi connectivity index (χ3v) is 5.15. The number of carbonyl (C=O) groups is 1. The Balaban J connectivity index is 2.01. The van der Waals surface area contributed by atoms with E-state index in [1.807, 2.05) is 0 Å². The van der Waals surface area contributed by atoms with Crippen molar-refractivity contribution in [3.05, 3.63) is 47.5 Å². The van der Waals surface area contributed by atoms with Crippen molar-refractivity contribution >= 4 is 26.9 Å². The van der Waals surface area contributed by atoms with E-state index in [2.05, 4.69) is 4.74 Å². The Morgan fingerprint density at radius 2 is 1.81 bits per heavy atom. The van der Waals surface area contributed by atoms with Crippen molar-refractivity contribution in [3.8, 4) is 0 Å².